The van der Waals surface area contributed by atoms with E-state index in [-0.39, 0.29) is 6.42 Å². The first-order valence-corrected chi connectivity index (χ1v) is 4.75. The molecule has 1 atom stereocenters. The third kappa shape index (κ3) is 3.20. The zero-order chi connectivity index (χ0) is 11.4. The largest absolute Gasteiger partial charge is 0.479 e. The molecule has 0 fully saturated rings. The summed E-state index contributed by atoms with van der Waals surface area (Å²) in [6, 6.07) is 5.29. The molecule has 5 heteroatoms. The standard InChI is InChI=1S/C10H12ClNO3/c1-6-4-7(2-3-8(6)11)5-9(15-12)10(13)14/h2-4,9H,5,12H2,1H3,(H,13,14). The molecule has 1 unspecified atom stereocenters. The van der Waals surface area contributed by atoms with E-state index < -0.39 is 12.1 Å². The molecule has 0 saturated carbocycles. The molecule has 1 aromatic rings. The van der Waals surface area contributed by atoms with Gasteiger partial charge in [0.05, 0.1) is 0 Å². The van der Waals surface area contributed by atoms with E-state index in [1.165, 1.54) is 0 Å². The lowest BCUT2D eigenvalue weighted by atomic mass is 10.1. The zero-order valence-corrected chi connectivity index (χ0v) is 8.99. The van der Waals surface area contributed by atoms with Gasteiger partial charge in [-0.1, -0.05) is 23.7 Å². The van der Waals surface area contributed by atoms with Crippen LogP contribution < -0.4 is 5.90 Å². The molecule has 15 heavy (non-hydrogen) atoms. The summed E-state index contributed by atoms with van der Waals surface area (Å²) in [5.74, 6) is 3.80. The Hall–Kier alpha value is -1.10. The summed E-state index contributed by atoms with van der Waals surface area (Å²) in [5, 5.41) is 9.38. The Morgan fingerprint density at radius 1 is 1.67 bits per heavy atom. The fourth-order valence-electron chi connectivity index (χ4n) is 1.24. The quantitative estimate of drug-likeness (QED) is 0.768. The topological polar surface area (TPSA) is 72.5 Å². The Labute approximate surface area is 92.6 Å². The first-order chi connectivity index (χ1) is 7.04. The molecule has 0 aliphatic heterocycles. The molecule has 0 aliphatic rings. The summed E-state index contributed by atoms with van der Waals surface area (Å²) in [5.41, 5.74) is 1.73. The number of aliphatic carboxylic acids is 1. The van der Waals surface area contributed by atoms with Crippen molar-refractivity contribution in [3.8, 4) is 0 Å². The van der Waals surface area contributed by atoms with Crippen LogP contribution in [0.5, 0.6) is 0 Å². The highest BCUT2D eigenvalue weighted by molar-refractivity contribution is 6.31. The molecule has 0 saturated heterocycles. The molecule has 0 aromatic heterocycles. The average molecular weight is 230 g/mol. The van der Waals surface area contributed by atoms with Gasteiger partial charge < -0.3 is 5.11 Å². The summed E-state index contributed by atoms with van der Waals surface area (Å²) in [7, 11) is 0. The molecule has 0 heterocycles. The van der Waals surface area contributed by atoms with Gasteiger partial charge in [0.2, 0.25) is 0 Å². The third-order valence-corrected chi connectivity index (χ3v) is 2.51. The van der Waals surface area contributed by atoms with E-state index in [4.69, 9.17) is 22.6 Å². The first kappa shape index (κ1) is 12.0. The Morgan fingerprint density at radius 2 is 2.33 bits per heavy atom. The van der Waals surface area contributed by atoms with Crippen molar-refractivity contribution >= 4 is 17.6 Å². The van der Waals surface area contributed by atoms with Gasteiger partial charge in [-0.25, -0.2) is 10.7 Å². The molecule has 3 N–H and O–H groups in total. The number of nitrogens with two attached hydrogens (primary N) is 1. The maximum absolute atomic E-state index is 10.7. The minimum Gasteiger partial charge on any atom is -0.479 e. The van der Waals surface area contributed by atoms with Gasteiger partial charge in [-0.2, -0.15) is 0 Å². The SMILES string of the molecule is Cc1cc(CC(ON)C(=O)O)ccc1Cl. The van der Waals surface area contributed by atoms with Crippen LogP contribution in [0, 0.1) is 6.92 Å². The summed E-state index contributed by atoms with van der Waals surface area (Å²) < 4.78 is 0. The van der Waals surface area contributed by atoms with Crippen molar-refractivity contribution < 1.29 is 14.7 Å². The number of hydrogen-bond acceptors (Lipinski definition) is 3. The summed E-state index contributed by atoms with van der Waals surface area (Å²) >= 11 is 5.84. The lowest BCUT2D eigenvalue weighted by Gasteiger charge is -2.10. The molecule has 0 bridgehead atoms. The number of aryl methyl sites for hydroxylation is 1. The highest BCUT2D eigenvalue weighted by Crippen LogP contribution is 2.17. The number of carboxylic acids is 1. The van der Waals surface area contributed by atoms with Gasteiger partial charge in [0, 0.05) is 11.4 Å². The van der Waals surface area contributed by atoms with Crippen LogP contribution >= 0.6 is 11.6 Å². The monoisotopic (exact) mass is 229 g/mol. The normalized spacial score (nSPS) is 12.5. The van der Waals surface area contributed by atoms with E-state index in [2.05, 4.69) is 4.84 Å². The zero-order valence-electron chi connectivity index (χ0n) is 8.24. The van der Waals surface area contributed by atoms with Crippen molar-refractivity contribution in [2.45, 2.75) is 19.4 Å². The molecule has 82 valence electrons. The maximum Gasteiger partial charge on any atom is 0.335 e. The van der Waals surface area contributed by atoms with Gasteiger partial charge in [-0.15, -0.1) is 0 Å². The van der Waals surface area contributed by atoms with E-state index >= 15 is 0 Å². The van der Waals surface area contributed by atoms with Crippen LogP contribution in [0.1, 0.15) is 11.1 Å². The summed E-state index contributed by atoms with van der Waals surface area (Å²) in [4.78, 5) is 15.0. The van der Waals surface area contributed by atoms with Crippen LogP contribution in [0.2, 0.25) is 5.02 Å². The van der Waals surface area contributed by atoms with E-state index in [1.807, 2.05) is 13.0 Å². The smallest absolute Gasteiger partial charge is 0.335 e. The number of carbonyl (C=O) groups is 1. The van der Waals surface area contributed by atoms with Crippen LogP contribution in [-0.2, 0) is 16.1 Å². The van der Waals surface area contributed by atoms with Crippen molar-refractivity contribution in [2.75, 3.05) is 0 Å². The molecular formula is C10H12ClNO3. The second-order valence-corrected chi connectivity index (χ2v) is 3.66. The predicted molar refractivity (Wildman–Crippen MR) is 56.6 cm³/mol. The highest BCUT2D eigenvalue weighted by atomic mass is 35.5. The van der Waals surface area contributed by atoms with Crippen LogP contribution in [0.15, 0.2) is 18.2 Å². The fraction of sp³-hybridized carbons (Fsp3) is 0.300. The number of carboxylic acid groups (broad SMARTS) is 1. The average Bonchev–Trinajstić information content (AvgIpc) is 2.19. The fourth-order valence-corrected chi connectivity index (χ4v) is 1.36. The van der Waals surface area contributed by atoms with Gasteiger partial charge >= 0.3 is 5.97 Å². The van der Waals surface area contributed by atoms with Gasteiger partial charge in [-0.05, 0) is 24.1 Å². The molecular weight excluding hydrogens is 218 g/mol. The van der Waals surface area contributed by atoms with Crippen molar-refractivity contribution in [2.24, 2.45) is 5.90 Å². The molecule has 1 rings (SSSR count). The Balaban J connectivity index is 2.80. The molecule has 4 nitrogen and oxygen atoms in total. The van der Waals surface area contributed by atoms with E-state index in [0.29, 0.717) is 5.02 Å². The third-order valence-electron chi connectivity index (χ3n) is 2.08. The number of rotatable bonds is 4. The van der Waals surface area contributed by atoms with Crippen LogP contribution in [0.4, 0.5) is 0 Å². The van der Waals surface area contributed by atoms with Crippen LogP contribution in [0.3, 0.4) is 0 Å². The van der Waals surface area contributed by atoms with E-state index in [9.17, 15) is 4.79 Å². The van der Waals surface area contributed by atoms with E-state index in [1.54, 1.807) is 12.1 Å². The Bertz CT molecular complexity index is 368. The van der Waals surface area contributed by atoms with Crippen molar-refractivity contribution in [1.82, 2.24) is 0 Å². The lowest BCUT2D eigenvalue weighted by molar-refractivity contribution is -0.150. The van der Waals surface area contributed by atoms with Gasteiger partial charge in [-0.3, -0.25) is 4.84 Å². The minimum absolute atomic E-state index is 0.226. The summed E-state index contributed by atoms with van der Waals surface area (Å²) in [6.07, 6.45) is -0.797. The van der Waals surface area contributed by atoms with Crippen LogP contribution in [0.25, 0.3) is 0 Å². The minimum atomic E-state index is -1.08. The molecule has 1 aromatic carbocycles. The van der Waals surface area contributed by atoms with Crippen molar-refractivity contribution in [3.63, 3.8) is 0 Å². The van der Waals surface area contributed by atoms with Crippen LogP contribution in [-0.4, -0.2) is 17.2 Å². The number of hydrogen-bond donors (Lipinski definition) is 2. The second kappa shape index (κ2) is 5.11. The van der Waals surface area contributed by atoms with Gasteiger partial charge in [0.1, 0.15) is 0 Å². The Morgan fingerprint density at radius 3 is 2.80 bits per heavy atom. The highest BCUT2D eigenvalue weighted by Gasteiger charge is 2.17. The Kier molecular flexibility index (Phi) is 4.08. The van der Waals surface area contributed by atoms with Gasteiger partial charge in [0.15, 0.2) is 6.10 Å². The van der Waals surface area contributed by atoms with Gasteiger partial charge in [0.25, 0.3) is 0 Å². The maximum atomic E-state index is 10.7. The molecule has 0 spiro atoms. The molecule has 0 aliphatic carbocycles. The summed E-state index contributed by atoms with van der Waals surface area (Å²) in [6.45, 7) is 1.85. The van der Waals surface area contributed by atoms with Crippen molar-refractivity contribution in [1.29, 1.82) is 0 Å². The first-order valence-electron chi connectivity index (χ1n) is 4.38. The molecule has 0 radical (unpaired) electrons. The predicted octanol–water partition coefficient (Wildman–Crippen LogP) is 1.53. The van der Waals surface area contributed by atoms with E-state index in [0.717, 1.165) is 11.1 Å². The van der Waals surface area contributed by atoms with Crippen molar-refractivity contribution in [3.05, 3.63) is 34.3 Å². The number of halogens is 1. The lowest BCUT2D eigenvalue weighted by Crippen LogP contribution is -2.29. The second-order valence-electron chi connectivity index (χ2n) is 3.25. The number of benzene rings is 1. The molecule has 0 amide bonds.